The van der Waals surface area contributed by atoms with Gasteiger partial charge in [-0.1, -0.05) is 0 Å². The molecular weight excluding hydrogens is 202 g/mol. The molecule has 1 saturated heterocycles. The summed E-state index contributed by atoms with van der Waals surface area (Å²) in [6.07, 6.45) is 4.11. The highest BCUT2D eigenvalue weighted by Crippen LogP contribution is 2.23. The van der Waals surface area contributed by atoms with Gasteiger partial charge in [0.2, 0.25) is 0 Å². The second-order valence-electron chi connectivity index (χ2n) is 4.60. The monoisotopic (exact) mass is 221 g/mol. The fraction of sp³-hybridized carbons (Fsp3) is 0.667. The lowest BCUT2D eigenvalue weighted by atomic mass is 10.0. The highest BCUT2D eigenvalue weighted by atomic mass is 16.5. The van der Waals surface area contributed by atoms with E-state index in [1.54, 1.807) is 6.20 Å². The first-order chi connectivity index (χ1) is 7.68. The average molecular weight is 221 g/mol. The third-order valence-electron chi connectivity index (χ3n) is 2.94. The summed E-state index contributed by atoms with van der Waals surface area (Å²) in [7, 11) is 0. The lowest BCUT2D eigenvalue weighted by molar-refractivity contribution is 0.0206. The largest absolute Gasteiger partial charge is 0.374 e. The van der Waals surface area contributed by atoms with E-state index in [0.717, 1.165) is 37.6 Å². The number of ether oxygens (including phenoxy) is 1. The SMILES string of the molecule is Cc1nccc(CNCC2(C)CCCO2)n1. The lowest BCUT2D eigenvalue weighted by Crippen LogP contribution is -2.36. The molecule has 1 aromatic rings. The van der Waals surface area contributed by atoms with Gasteiger partial charge in [0.1, 0.15) is 5.82 Å². The Morgan fingerprint density at radius 3 is 3.12 bits per heavy atom. The molecule has 0 radical (unpaired) electrons. The molecule has 2 heterocycles. The Morgan fingerprint density at radius 2 is 2.44 bits per heavy atom. The van der Waals surface area contributed by atoms with Gasteiger partial charge in [0.15, 0.2) is 0 Å². The standard InChI is InChI=1S/C12H19N3O/c1-10-14-6-4-11(15-10)8-13-9-12(2)5-3-7-16-12/h4,6,13H,3,5,7-9H2,1-2H3. The molecule has 1 atom stereocenters. The maximum atomic E-state index is 5.71. The van der Waals surface area contributed by atoms with E-state index in [2.05, 4.69) is 22.2 Å². The fourth-order valence-corrected chi connectivity index (χ4v) is 2.03. The van der Waals surface area contributed by atoms with E-state index in [-0.39, 0.29) is 5.60 Å². The molecule has 4 heteroatoms. The molecular formula is C12H19N3O. The summed E-state index contributed by atoms with van der Waals surface area (Å²) < 4.78 is 5.71. The molecule has 1 aromatic heterocycles. The number of aromatic nitrogens is 2. The maximum Gasteiger partial charge on any atom is 0.125 e. The van der Waals surface area contributed by atoms with Crippen LogP contribution in [0, 0.1) is 6.92 Å². The Labute approximate surface area is 96.4 Å². The number of nitrogens with zero attached hydrogens (tertiary/aromatic N) is 2. The van der Waals surface area contributed by atoms with Gasteiger partial charge in [0.05, 0.1) is 11.3 Å². The van der Waals surface area contributed by atoms with Gasteiger partial charge in [-0.05, 0) is 32.8 Å². The first-order valence-corrected chi connectivity index (χ1v) is 5.81. The number of rotatable bonds is 4. The topological polar surface area (TPSA) is 47.0 Å². The smallest absolute Gasteiger partial charge is 0.125 e. The zero-order chi connectivity index (χ0) is 11.4. The quantitative estimate of drug-likeness (QED) is 0.836. The van der Waals surface area contributed by atoms with Crippen LogP contribution in [0.25, 0.3) is 0 Å². The zero-order valence-corrected chi connectivity index (χ0v) is 9.99. The van der Waals surface area contributed by atoms with Gasteiger partial charge in [0.25, 0.3) is 0 Å². The number of hydrogen-bond acceptors (Lipinski definition) is 4. The van der Waals surface area contributed by atoms with Crippen molar-refractivity contribution in [3.05, 3.63) is 23.8 Å². The molecule has 0 bridgehead atoms. The average Bonchev–Trinajstić information content (AvgIpc) is 2.65. The number of nitrogens with one attached hydrogen (secondary N) is 1. The van der Waals surface area contributed by atoms with E-state index in [1.165, 1.54) is 6.42 Å². The lowest BCUT2D eigenvalue weighted by Gasteiger charge is -2.23. The van der Waals surface area contributed by atoms with Gasteiger partial charge in [-0.25, -0.2) is 9.97 Å². The van der Waals surface area contributed by atoms with Crippen molar-refractivity contribution in [3.8, 4) is 0 Å². The summed E-state index contributed by atoms with van der Waals surface area (Å²) in [4.78, 5) is 8.42. The van der Waals surface area contributed by atoms with Crippen LogP contribution in [0.5, 0.6) is 0 Å². The Bertz CT molecular complexity index is 348. The molecule has 1 N–H and O–H groups in total. The van der Waals surface area contributed by atoms with Crippen molar-refractivity contribution in [1.29, 1.82) is 0 Å². The van der Waals surface area contributed by atoms with Crippen LogP contribution in [0.3, 0.4) is 0 Å². The van der Waals surface area contributed by atoms with Gasteiger partial charge >= 0.3 is 0 Å². The van der Waals surface area contributed by atoms with Gasteiger partial charge in [0, 0.05) is 25.9 Å². The second kappa shape index (κ2) is 4.89. The van der Waals surface area contributed by atoms with Crippen LogP contribution in [-0.4, -0.2) is 28.7 Å². The number of aryl methyl sites for hydroxylation is 1. The van der Waals surface area contributed by atoms with Crippen LogP contribution in [0.4, 0.5) is 0 Å². The van der Waals surface area contributed by atoms with Crippen molar-refractivity contribution in [2.24, 2.45) is 0 Å². The van der Waals surface area contributed by atoms with Gasteiger partial charge in [-0.15, -0.1) is 0 Å². The van der Waals surface area contributed by atoms with Crippen molar-refractivity contribution >= 4 is 0 Å². The van der Waals surface area contributed by atoms with Crippen LogP contribution >= 0.6 is 0 Å². The van der Waals surface area contributed by atoms with Gasteiger partial charge < -0.3 is 10.1 Å². The molecule has 4 nitrogen and oxygen atoms in total. The van der Waals surface area contributed by atoms with Crippen LogP contribution in [0.1, 0.15) is 31.3 Å². The van der Waals surface area contributed by atoms with Crippen molar-refractivity contribution in [2.75, 3.05) is 13.2 Å². The first-order valence-electron chi connectivity index (χ1n) is 5.81. The molecule has 1 aliphatic rings. The Kier molecular flexibility index (Phi) is 3.51. The zero-order valence-electron chi connectivity index (χ0n) is 9.99. The van der Waals surface area contributed by atoms with Gasteiger partial charge in [-0.2, -0.15) is 0 Å². The molecule has 1 aliphatic heterocycles. The summed E-state index contributed by atoms with van der Waals surface area (Å²) >= 11 is 0. The Hall–Kier alpha value is -1.00. The van der Waals surface area contributed by atoms with Crippen LogP contribution in [-0.2, 0) is 11.3 Å². The van der Waals surface area contributed by atoms with E-state index in [9.17, 15) is 0 Å². The summed E-state index contributed by atoms with van der Waals surface area (Å²) in [5, 5.41) is 3.40. The Balaban J connectivity index is 1.79. The van der Waals surface area contributed by atoms with Crippen LogP contribution in [0.15, 0.2) is 12.3 Å². The predicted octanol–water partition coefficient (Wildman–Crippen LogP) is 1.44. The predicted molar refractivity (Wildman–Crippen MR) is 62.1 cm³/mol. The molecule has 88 valence electrons. The highest BCUT2D eigenvalue weighted by molar-refractivity contribution is 5.01. The minimum Gasteiger partial charge on any atom is -0.374 e. The third-order valence-corrected chi connectivity index (χ3v) is 2.94. The molecule has 16 heavy (non-hydrogen) atoms. The van der Waals surface area contributed by atoms with E-state index >= 15 is 0 Å². The highest BCUT2D eigenvalue weighted by Gasteiger charge is 2.28. The van der Waals surface area contributed by atoms with Crippen molar-refractivity contribution in [2.45, 2.75) is 38.8 Å². The molecule has 1 fully saturated rings. The summed E-state index contributed by atoms with van der Waals surface area (Å²) in [6.45, 7) is 6.63. The van der Waals surface area contributed by atoms with E-state index < -0.39 is 0 Å². The van der Waals surface area contributed by atoms with E-state index in [4.69, 9.17) is 4.74 Å². The first kappa shape index (κ1) is 11.5. The third kappa shape index (κ3) is 3.00. The van der Waals surface area contributed by atoms with Crippen LogP contribution < -0.4 is 5.32 Å². The Morgan fingerprint density at radius 1 is 1.56 bits per heavy atom. The summed E-state index contributed by atoms with van der Waals surface area (Å²) in [5.74, 6) is 0.822. The molecule has 0 amide bonds. The number of hydrogen-bond donors (Lipinski definition) is 1. The molecule has 0 aromatic carbocycles. The minimum absolute atomic E-state index is 0.0159. The van der Waals surface area contributed by atoms with E-state index in [0.29, 0.717) is 0 Å². The van der Waals surface area contributed by atoms with Gasteiger partial charge in [-0.3, -0.25) is 0 Å². The molecule has 1 unspecified atom stereocenters. The maximum absolute atomic E-state index is 5.71. The van der Waals surface area contributed by atoms with Crippen molar-refractivity contribution in [3.63, 3.8) is 0 Å². The van der Waals surface area contributed by atoms with E-state index in [1.807, 2.05) is 13.0 Å². The summed E-state index contributed by atoms with van der Waals surface area (Å²) in [6, 6.07) is 1.94. The molecule has 0 aliphatic carbocycles. The normalized spacial score (nSPS) is 24.9. The van der Waals surface area contributed by atoms with Crippen molar-refractivity contribution in [1.82, 2.24) is 15.3 Å². The van der Waals surface area contributed by atoms with Crippen LogP contribution in [0.2, 0.25) is 0 Å². The fourth-order valence-electron chi connectivity index (χ4n) is 2.03. The molecule has 0 spiro atoms. The summed E-state index contributed by atoms with van der Waals surface area (Å²) in [5.41, 5.74) is 1.05. The molecule has 2 rings (SSSR count). The van der Waals surface area contributed by atoms with Crippen molar-refractivity contribution < 1.29 is 4.74 Å². The molecule has 0 saturated carbocycles. The second-order valence-corrected chi connectivity index (χ2v) is 4.60. The minimum atomic E-state index is 0.0159.